The number of pyridine rings is 1. The number of carbonyl (C=O) groups excluding carboxylic acids is 1. The van der Waals surface area contributed by atoms with E-state index >= 15 is 0 Å². The largest absolute Gasteiger partial charge is 0.397 e. The van der Waals surface area contributed by atoms with E-state index in [4.69, 9.17) is 22.1 Å². The van der Waals surface area contributed by atoms with Crippen molar-refractivity contribution in [3.63, 3.8) is 0 Å². The molecule has 0 aliphatic carbocycles. The van der Waals surface area contributed by atoms with Gasteiger partial charge in [0.1, 0.15) is 5.15 Å². The molecule has 1 aromatic heterocycles. The number of hydrogen-bond acceptors (Lipinski definition) is 4. The maximum Gasteiger partial charge on any atom is 0.253 e. The van der Waals surface area contributed by atoms with Gasteiger partial charge in [-0.2, -0.15) is 0 Å². The Morgan fingerprint density at radius 3 is 3.05 bits per heavy atom. The maximum absolute atomic E-state index is 12.2. The lowest BCUT2D eigenvalue weighted by Crippen LogP contribution is -2.45. The summed E-state index contributed by atoms with van der Waals surface area (Å²) < 4.78 is 5.62. The van der Waals surface area contributed by atoms with Crippen LogP contribution in [0.3, 0.4) is 0 Å². The minimum Gasteiger partial charge on any atom is -0.397 e. The Morgan fingerprint density at radius 1 is 1.63 bits per heavy atom. The molecule has 0 aromatic carbocycles. The molecule has 1 fully saturated rings. The first kappa shape index (κ1) is 14.1. The van der Waals surface area contributed by atoms with E-state index in [1.54, 1.807) is 0 Å². The molecule has 104 valence electrons. The van der Waals surface area contributed by atoms with Gasteiger partial charge in [-0.25, -0.2) is 4.98 Å². The summed E-state index contributed by atoms with van der Waals surface area (Å²) in [5.74, 6) is -0.218. The van der Waals surface area contributed by atoms with Crippen LogP contribution in [0.5, 0.6) is 0 Å². The van der Waals surface area contributed by atoms with Gasteiger partial charge in [-0.1, -0.05) is 11.6 Å². The summed E-state index contributed by atoms with van der Waals surface area (Å²) in [6.07, 6.45) is 2.97. The molecule has 1 atom stereocenters. The lowest BCUT2D eigenvalue weighted by Gasteiger charge is -2.35. The Balaban J connectivity index is 2.06. The van der Waals surface area contributed by atoms with Crippen LogP contribution in [0.25, 0.3) is 0 Å². The van der Waals surface area contributed by atoms with E-state index in [0.717, 1.165) is 12.8 Å². The van der Waals surface area contributed by atoms with Crippen molar-refractivity contribution < 1.29 is 9.53 Å². The van der Waals surface area contributed by atoms with E-state index < -0.39 is 0 Å². The first-order valence-electron chi connectivity index (χ1n) is 6.23. The van der Waals surface area contributed by atoms with E-state index in [1.807, 2.05) is 13.8 Å². The van der Waals surface area contributed by atoms with Gasteiger partial charge in [0.05, 0.1) is 23.0 Å². The number of nitrogen functional groups attached to an aromatic ring is 1. The fourth-order valence-corrected chi connectivity index (χ4v) is 2.41. The van der Waals surface area contributed by atoms with Crippen molar-refractivity contribution in [2.24, 2.45) is 0 Å². The van der Waals surface area contributed by atoms with Crippen LogP contribution in [-0.4, -0.2) is 29.1 Å². The van der Waals surface area contributed by atoms with Crippen molar-refractivity contribution in [1.82, 2.24) is 10.3 Å². The number of amides is 1. The number of nitrogens with one attached hydrogen (secondary N) is 1. The third-order valence-electron chi connectivity index (χ3n) is 3.18. The molecule has 3 N–H and O–H groups in total. The van der Waals surface area contributed by atoms with Crippen molar-refractivity contribution >= 4 is 23.2 Å². The summed E-state index contributed by atoms with van der Waals surface area (Å²) in [6.45, 7) is 4.68. The molecule has 1 aliphatic rings. The number of anilines is 1. The molecule has 1 aliphatic heterocycles. The van der Waals surface area contributed by atoms with E-state index in [2.05, 4.69) is 10.3 Å². The van der Waals surface area contributed by atoms with Crippen LogP contribution in [0.1, 0.15) is 37.0 Å². The lowest BCUT2D eigenvalue weighted by atomic mass is 9.94. The molecule has 5 nitrogen and oxygen atoms in total. The molecule has 2 rings (SSSR count). The van der Waals surface area contributed by atoms with E-state index in [1.165, 1.54) is 12.3 Å². The van der Waals surface area contributed by atoms with Crippen LogP contribution < -0.4 is 11.1 Å². The number of carbonyl (C=O) groups is 1. The molecular formula is C13H18ClN3O2. The number of nitrogens with zero attached hydrogens (tertiary/aromatic N) is 1. The second kappa shape index (κ2) is 5.35. The molecule has 0 bridgehead atoms. The number of rotatable bonds is 2. The molecule has 6 heteroatoms. The summed E-state index contributed by atoms with van der Waals surface area (Å²) in [7, 11) is 0. The number of halogens is 1. The highest BCUT2D eigenvalue weighted by Crippen LogP contribution is 2.24. The summed E-state index contributed by atoms with van der Waals surface area (Å²) in [4.78, 5) is 16.0. The SMILES string of the molecule is CC1(C)CC(NC(=O)c2cc(Cl)ncc2N)CCO1. The van der Waals surface area contributed by atoms with Gasteiger partial charge in [-0.15, -0.1) is 0 Å². The maximum atomic E-state index is 12.2. The second-order valence-electron chi connectivity index (χ2n) is 5.37. The molecule has 0 saturated carbocycles. The first-order valence-corrected chi connectivity index (χ1v) is 6.61. The highest BCUT2D eigenvalue weighted by molar-refractivity contribution is 6.29. The van der Waals surface area contributed by atoms with Gasteiger partial charge in [-0.05, 0) is 32.8 Å². The van der Waals surface area contributed by atoms with Crippen molar-refractivity contribution in [3.8, 4) is 0 Å². The lowest BCUT2D eigenvalue weighted by molar-refractivity contribution is -0.0615. The number of hydrogen-bond donors (Lipinski definition) is 2. The third kappa shape index (κ3) is 3.58. The average molecular weight is 284 g/mol. The van der Waals surface area contributed by atoms with Crippen LogP contribution in [0.4, 0.5) is 5.69 Å². The van der Waals surface area contributed by atoms with Gasteiger partial charge in [0.15, 0.2) is 0 Å². The van der Waals surface area contributed by atoms with Crippen molar-refractivity contribution in [1.29, 1.82) is 0 Å². The summed E-state index contributed by atoms with van der Waals surface area (Å²) in [5, 5.41) is 3.23. The minimum atomic E-state index is -0.218. The zero-order valence-electron chi connectivity index (χ0n) is 11.1. The van der Waals surface area contributed by atoms with Gasteiger partial charge >= 0.3 is 0 Å². The summed E-state index contributed by atoms with van der Waals surface area (Å²) in [5.41, 5.74) is 6.22. The average Bonchev–Trinajstić information content (AvgIpc) is 2.31. The number of aromatic nitrogens is 1. The quantitative estimate of drug-likeness (QED) is 0.814. The Bertz CT molecular complexity index is 491. The highest BCUT2D eigenvalue weighted by Gasteiger charge is 2.30. The monoisotopic (exact) mass is 283 g/mol. The Morgan fingerprint density at radius 2 is 2.37 bits per heavy atom. The molecule has 1 unspecified atom stereocenters. The Kier molecular flexibility index (Phi) is 3.96. The minimum absolute atomic E-state index is 0.0857. The summed E-state index contributed by atoms with van der Waals surface area (Å²) >= 11 is 5.78. The van der Waals surface area contributed by atoms with Crippen LogP contribution in [0, 0.1) is 0 Å². The van der Waals surface area contributed by atoms with Gasteiger partial charge in [0.2, 0.25) is 0 Å². The summed E-state index contributed by atoms with van der Waals surface area (Å²) in [6, 6.07) is 1.57. The number of nitrogens with two attached hydrogens (primary N) is 1. The zero-order valence-corrected chi connectivity index (χ0v) is 11.8. The van der Waals surface area contributed by atoms with Crippen molar-refractivity contribution in [3.05, 3.63) is 23.0 Å². The highest BCUT2D eigenvalue weighted by atomic mass is 35.5. The predicted molar refractivity (Wildman–Crippen MR) is 74.2 cm³/mol. The Hall–Kier alpha value is -1.33. The number of ether oxygens (including phenoxy) is 1. The van der Waals surface area contributed by atoms with Crippen LogP contribution in [0.2, 0.25) is 5.15 Å². The van der Waals surface area contributed by atoms with Gasteiger partial charge in [0, 0.05) is 12.6 Å². The Labute approximate surface area is 117 Å². The fraction of sp³-hybridized carbons (Fsp3) is 0.538. The standard InChI is InChI=1S/C13H18ClN3O2/c1-13(2)6-8(3-4-19-13)17-12(18)9-5-11(14)16-7-10(9)15/h5,7-8H,3-4,6,15H2,1-2H3,(H,17,18). The molecule has 2 heterocycles. The van der Waals surface area contributed by atoms with Gasteiger partial charge in [0.25, 0.3) is 5.91 Å². The van der Waals surface area contributed by atoms with Crippen LogP contribution >= 0.6 is 11.6 Å². The fourth-order valence-electron chi connectivity index (χ4n) is 2.26. The third-order valence-corrected chi connectivity index (χ3v) is 3.39. The van der Waals surface area contributed by atoms with Gasteiger partial charge < -0.3 is 15.8 Å². The predicted octanol–water partition coefficient (Wildman–Crippen LogP) is 2.00. The molecule has 0 radical (unpaired) electrons. The van der Waals surface area contributed by atoms with Crippen LogP contribution in [-0.2, 0) is 4.74 Å². The second-order valence-corrected chi connectivity index (χ2v) is 5.75. The molecule has 19 heavy (non-hydrogen) atoms. The van der Waals surface area contributed by atoms with Gasteiger partial charge in [-0.3, -0.25) is 4.79 Å². The molecule has 1 aromatic rings. The van der Waals surface area contributed by atoms with E-state index in [9.17, 15) is 4.79 Å². The topological polar surface area (TPSA) is 77.2 Å². The zero-order chi connectivity index (χ0) is 14.0. The van der Waals surface area contributed by atoms with Crippen LogP contribution in [0.15, 0.2) is 12.3 Å². The smallest absolute Gasteiger partial charge is 0.253 e. The molecule has 1 saturated heterocycles. The normalized spacial score (nSPS) is 21.9. The van der Waals surface area contributed by atoms with E-state index in [-0.39, 0.29) is 22.7 Å². The molecule has 1 amide bonds. The molecular weight excluding hydrogens is 266 g/mol. The van der Waals surface area contributed by atoms with Crippen molar-refractivity contribution in [2.75, 3.05) is 12.3 Å². The first-order chi connectivity index (χ1) is 8.87. The van der Waals surface area contributed by atoms with Crippen molar-refractivity contribution in [2.45, 2.75) is 38.3 Å². The molecule has 0 spiro atoms. The van der Waals surface area contributed by atoms with E-state index in [0.29, 0.717) is 17.9 Å².